The second-order valence-corrected chi connectivity index (χ2v) is 8.87. The predicted molar refractivity (Wildman–Crippen MR) is 110 cm³/mol. The number of carbonyl (C=O) groups excluding carboxylic acids is 1. The number of sulfonamides is 1. The van der Waals surface area contributed by atoms with E-state index in [4.69, 9.17) is 16.3 Å². The van der Waals surface area contributed by atoms with E-state index in [1.807, 2.05) is 6.92 Å². The average molecular weight is 423 g/mol. The highest BCUT2D eigenvalue weighted by atomic mass is 35.5. The van der Waals surface area contributed by atoms with Crippen molar-refractivity contribution in [1.82, 2.24) is 4.90 Å². The molecule has 6 nitrogen and oxygen atoms in total. The van der Waals surface area contributed by atoms with Gasteiger partial charge in [-0.05, 0) is 62.1 Å². The molecule has 0 spiro atoms. The maximum absolute atomic E-state index is 12.9. The Hall–Kier alpha value is -2.25. The molecule has 2 aromatic rings. The molecule has 0 unspecified atom stereocenters. The summed E-state index contributed by atoms with van der Waals surface area (Å²) in [5.41, 5.74) is 1.45. The smallest absolute Gasteiger partial charge is 0.261 e. The summed E-state index contributed by atoms with van der Waals surface area (Å²) in [5.74, 6) is 0.139. The molecule has 1 fully saturated rings. The summed E-state index contributed by atoms with van der Waals surface area (Å²) in [5, 5.41) is 0.468. The van der Waals surface area contributed by atoms with Gasteiger partial charge in [-0.2, -0.15) is 0 Å². The second kappa shape index (κ2) is 8.41. The standard InChI is InChI=1S/C20H23ClN2O4S/c1-14-6-7-15(12-18(14)21)22-28(25,26)16-8-9-19(27-2)17(13-16)20(24)23-10-4-3-5-11-23/h6-9,12-13,22H,3-5,10-11H2,1-2H3. The molecular weight excluding hydrogens is 400 g/mol. The number of ether oxygens (including phenoxy) is 1. The van der Waals surface area contributed by atoms with Crippen molar-refractivity contribution in [2.75, 3.05) is 24.9 Å². The molecule has 1 N–H and O–H groups in total. The van der Waals surface area contributed by atoms with E-state index in [2.05, 4.69) is 4.72 Å². The van der Waals surface area contributed by atoms with Crippen LogP contribution in [0.4, 0.5) is 5.69 Å². The fraction of sp³-hybridized carbons (Fsp3) is 0.350. The van der Waals surface area contributed by atoms with Gasteiger partial charge in [-0.15, -0.1) is 0 Å². The van der Waals surface area contributed by atoms with E-state index < -0.39 is 10.0 Å². The number of amides is 1. The molecule has 150 valence electrons. The molecule has 2 aromatic carbocycles. The van der Waals surface area contributed by atoms with Crippen LogP contribution in [0.3, 0.4) is 0 Å². The van der Waals surface area contributed by atoms with Gasteiger partial charge in [-0.25, -0.2) is 8.42 Å². The van der Waals surface area contributed by atoms with Crippen LogP contribution in [0, 0.1) is 6.92 Å². The van der Waals surface area contributed by atoms with E-state index in [1.165, 1.54) is 25.3 Å². The van der Waals surface area contributed by atoms with Crippen LogP contribution in [-0.2, 0) is 10.0 Å². The van der Waals surface area contributed by atoms with Crippen LogP contribution in [0.25, 0.3) is 0 Å². The van der Waals surface area contributed by atoms with Crippen LogP contribution in [0.2, 0.25) is 5.02 Å². The molecule has 1 saturated heterocycles. The molecular formula is C20H23ClN2O4S. The van der Waals surface area contributed by atoms with Crippen molar-refractivity contribution in [3.63, 3.8) is 0 Å². The van der Waals surface area contributed by atoms with Crippen molar-refractivity contribution < 1.29 is 17.9 Å². The zero-order valence-electron chi connectivity index (χ0n) is 15.9. The van der Waals surface area contributed by atoms with Crippen molar-refractivity contribution in [2.24, 2.45) is 0 Å². The Morgan fingerprint density at radius 1 is 1.11 bits per heavy atom. The first-order chi connectivity index (χ1) is 13.3. The van der Waals surface area contributed by atoms with Crippen LogP contribution < -0.4 is 9.46 Å². The molecule has 1 heterocycles. The van der Waals surface area contributed by atoms with Gasteiger partial charge in [0.1, 0.15) is 5.75 Å². The van der Waals surface area contributed by atoms with Gasteiger partial charge < -0.3 is 9.64 Å². The maximum Gasteiger partial charge on any atom is 0.261 e. The van der Waals surface area contributed by atoms with Crippen LogP contribution in [0.15, 0.2) is 41.3 Å². The van der Waals surface area contributed by atoms with Gasteiger partial charge in [0, 0.05) is 18.1 Å². The molecule has 0 radical (unpaired) electrons. The molecule has 0 atom stereocenters. The molecule has 28 heavy (non-hydrogen) atoms. The largest absolute Gasteiger partial charge is 0.496 e. The predicted octanol–water partition coefficient (Wildman–Crippen LogP) is 4.08. The van der Waals surface area contributed by atoms with Crippen LogP contribution in [0.5, 0.6) is 5.75 Å². The van der Waals surface area contributed by atoms with Crippen molar-refractivity contribution in [3.8, 4) is 5.75 Å². The lowest BCUT2D eigenvalue weighted by molar-refractivity contribution is 0.0720. The van der Waals surface area contributed by atoms with Gasteiger partial charge in [-0.1, -0.05) is 17.7 Å². The third-order valence-corrected chi connectivity index (χ3v) is 6.57. The van der Waals surface area contributed by atoms with Gasteiger partial charge in [-0.3, -0.25) is 9.52 Å². The van der Waals surface area contributed by atoms with Crippen LogP contribution in [0.1, 0.15) is 35.2 Å². The van der Waals surface area contributed by atoms with Crippen molar-refractivity contribution in [2.45, 2.75) is 31.1 Å². The summed E-state index contributed by atoms with van der Waals surface area (Å²) in [6.07, 6.45) is 2.99. The van der Waals surface area contributed by atoms with E-state index >= 15 is 0 Å². The van der Waals surface area contributed by atoms with Gasteiger partial charge in [0.2, 0.25) is 0 Å². The summed E-state index contributed by atoms with van der Waals surface area (Å²) >= 11 is 6.08. The molecule has 8 heteroatoms. The van der Waals surface area contributed by atoms with E-state index in [9.17, 15) is 13.2 Å². The zero-order valence-corrected chi connectivity index (χ0v) is 17.4. The van der Waals surface area contributed by atoms with E-state index in [0.717, 1.165) is 24.8 Å². The summed E-state index contributed by atoms with van der Waals surface area (Å²) < 4.78 is 33.5. The number of hydrogen-bond donors (Lipinski definition) is 1. The number of piperidine rings is 1. The molecule has 0 aliphatic carbocycles. The molecule has 1 aliphatic rings. The van der Waals surface area contributed by atoms with E-state index in [0.29, 0.717) is 29.5 Å². The number of hydrogen-bond acceptors (Lipinski definition) is 4. The Labute approximate surface area is 170 Å². The number of halogens is 1. The molecule has 0 aromatic heterocycles. The molecule has 1 aliphatic heterocycles. The van der Waals surface area contributed by atoms with Gasteiger partial charge in [0.05, 0.1) is 23.3 Å². The maximum atomic E-state index is 12.9. The Morgan fingerprint density at radius 3 is 2.46 bits per heavy atom. The van der Waals surface area contributed by atoms with E-state index in [1.54, 1.807) is 23.1 Å². The lowest BCUT2D eigenvalue weighted by Gasteiger charge is -2.27. The Kier molecular flexibility index (Phi) is 6.15. The number of carbonyl (C=O) groups is 1. The number of aryl methyl sites for hydroxylation is 1. The number of benzene rings is 2. The molecule has 3 rings (SSSR count). The minimum Gasteiger partial charge on any atom is -0.496 e. The average Bonchev–Trinajstić information content (AvgIpc) is 2.70. The Balaban J connectivity index is 1.92. The highest BCUT2D eigenvalue weighted by Crippen LogP contribution is 2.27. The Bertz CT molecular complexity index is 986. The Morgan fingerprint density at radius 2 is 1.82 bits per heavy atom. The highest BCUT2D eigenvalue weighted by molar-refractivity contribution is 7.92. The molecule has 1 amide bonds. The fourth-order valence-electron chi connectivity index (χ4n) is 3.16. The van der Waals surface area contributed by atoms with Gasteiger partial charge in [0.15, 0.2) is 0 Å². The topological polar surface area (TPSA) is 75.7 Å². The number of nitrogens with zero attached hydrogens (tertiary/aromatic N) is 1. The number of likely N-dealkylation sites (tertiary alicyclic amines) is 1. The number of rotatable bonds is 5. The first-order valence-corrected chi connectivity index (χ1v) is 10.9. The summed E-state index contributed by atoms with van der Waals surface area (Å²) in [6.45, 7) is 3.17. The van der Waals surface area contributed by atoms with Crippen molar-refractivity contribution in [1.29, 1.82) is 0 Å². The second-order valence-electron chi connectivity index (χ2n) is 6.78. The third kappa shape index (κ3) is 4.42. The van der Waals surface area contributed by atoms with Crippen LogP contribution in [-0.4, -0.2) is 39.4 Å². The molecule has 0 saturated carbocycles. The molecule has 0 bridgehead atoms. The van der Waals surface area contributed by atoms with Crippen molar-refractivity contribution in [3.05, 3.63) is 52.5 Å². The first kappa shape index (κ1) is 20.5. The number of anilines is 1. The van der Waals surface area contributed by atoms with Gasteiger partial charge >= 0.3 is 0 Å². The van der Waals surface area contributed by atoms with E-state index in [-0.39, 0.29) is 16.4 Å². The monoisotopic (exact) mass is 422 g/mol. The fourth-order valence-corrected chi connectivity index (χ4v) is 4.42. The zero-order chi connectivity index (χ0) is 20.3. The van der Waals surface area contributed by atoms with Gasteiger partial charge in [0.25, 0.3) is 15.9 Å². The minimum atomic E-state index is -3.89. The number of nitrogens with one attached hydrogen (secondary N) is 1. The van der Waals surface area contributed by atoms with Crippen LogP contribution >= 0.6 is 11.6 Å². The quantitative estimate of drug-likeness (QED) is 0.787. The summed E-state index contributed by atoms with van der Waals surface area (Å²) in [4.78, 5) is 14.6. The summed E-state index contributed by atoms with van der Waals surface area (Å²) in [6, 6.07) is 9.23. The lowest BCUT2D eigenvalue weighted by atomic mass is 10.1. The highest BCUT2D eigenvalue weighted by Gasteiger charge is 2.24. The SMILES string of the molecule is COc1ccc(S(=O)(=O)Nc2ccc(C)c(Cl)c2)cc1C(=O)N1CCCCC1. The minimum absolute atomic E-state index is 0.00893. The van der Waals surface area contributed by atoms with Crippen molar-refractivity contribution >= 4 is 33.2 Å². The normalized spacial score (nSPS) is 14.6. The first-order valence-electron chi connectivity index (χ1n) is 9.08. The lowest BCUT2D eigenvalue weighted by Crippen LogP contribution is -2.35. The number of methoxy groups -OCH3 is 1. The summed E-state index contributed by atoms with van der Waals surface area (Å²) in [7, 11) is -2.43. The third-order valence-electron chi connectivity index (χ3n) is 4.78.